The summed E-state index contributed by atoms with van der Waals surface area (Å²) in [5, 5.41) is 4.20. The predicted octanol–water partition coefficient (Wildman–Crippen LogP) is 1.16. The molecule has 1 aliphatic rings. The van der Waals surface area contributed by atoms with Gasteiger partial charge in [-0.05, 0) is 19.3 Å². The fraction of sp³-hybridized carbons (Fsp3) is 0.700. The highest BCUT2D eigenvalue weighted by molar-refractivity contribution is 5.13. The summed E-state index contributed by atoms with van der Waals surface area (Å²) in [5.41, 5.74) is 5.67. The molecule has 1 aromatic rings. The molecule has 0 spiro atoms. The zero-order chi connectivity index (χ0) is 9.97. The van der Waals surface area contributed by atoms with Crippen molar-refractivity contribution < 1.29 is 4.74 Å². The summed E-state index contributed by atoms with van der Waals surface area (Å²) in [6.45, 7) is 3.08. The van der Waals surface area contributed by atoms with E-state index < -0.39 is 0 Å². The van der Waals surface area contributed by atoms with Crippen molar-refractivity contribution in [2.45, 2.75) is 44.9 Å². The van der Waals surface area contributed by atoms with Crippen LogP contribution >= 0.6 is 0 Å². The number of nitrogens with zero attached hydrogens (tertiary/aromatic N) is 2. The second kappa shape index (κ2) is 4.00. The minimum absolute atomic E-state index is 0.310. The van der Waals surface area contributed by atoms with Crippen LogP contribution in [0, 0.1) is 0 Å². The zero-order valence-electron chi connectivity index (χ0n) is 8.52. The van der Waals surface area contributed by atoms with Crippen molar-refractivity contribution in [3.8, 4) is 5.75 Å². The summed E-state index contributed by atoms with van der Waals surface area (Å²) in [7, 11) is 0. The first-order valence-electron chi connectivity index (χ1n) is 5.22. The van der Waals surface area contributed by atoms with E-state index in [4.69, 9.17) is 10.5 Å². The molecule has 0 unspecified atom stereocenters. The first-order valence-corrected chi connectivity index (χ1v) is 5.22. The van der Waals surface area contributed by atoms with Crippen LogP contribution in [0.25, 0.3) is 0 Å². The van der Waals surface area contributed by atoms with E-state index in [1.807, 2.05) is 10.9 Å². The number of rotatable bonds is 4. The van der Waals surface area contributed by atoms with Gasteiger partial charge in [0.2, 0.25) is 0 Å². The van der Waals surface area contributed by atoms with Crippen LogP contribution in [-0.4, -0.2) is 21.9 Å². The summed E-state index contributed by atoms with van der Waals surface area (Å²) >= 11 is 0. The Balaban J connectivity index is 1.84. The lowest BCUT2D eigenvalue weighted by Crippen LogP contribution is -2.43. The van der Waals surface area contributed by atoms with Gasteiger partial charge in [0.15, 0.2) is 5.75 Å². The van der Waals surface area contributed by atoms with Crippen molar-refractivity contribution in [2.24, 2.45) is 5.73 Å². The second-order valence-electron chi connectivity index (χ2n) is 3.91. The van der Waals surface area contributed by atoms with E-state index in [1.165, 1.54) is 0 Å². The normalized spacial score (nSPS) is 25.9. The second-order valence-corrected chi connectivity index (χ2v) is 3.91. The molecular formula is C10H17N3O. The molecule has 0 radical (unpaired) electrons. The smallest absolute Gasteiger partial charge is 0.157 e. The standard InChI is InChI=1S/C10H17N3O/c1-2-3-13-7-10(6-12-13)14-9-4-8(11)5-9/h6-9H,2-5,11H2,1H3. The van der Waals surface area contributed by atoms with Gasteiger partial charge in [-0.1, -0.05) is 6.92 Å². The molecule has 78 valence electrons. The van der Waals surface area contributed by atoms with E-state index >= 15 is 0 Å². The molecule has 1 aliphatic carbocycles. The third kappa shape index (κ3) is 2.07. The van der Waals surface area contributed by atoms with Crippen LogP contribution in [0.2, 0.25) is 0 Å². The largest absolute Gasteiger partial charge is 0.487 e. The Bertz CT molecular complexity index is 291. The van der Waals surface area contributed by atoms with Crippen molar-refractivity contribution in [2.75, 3.05) is 0 Å². The van der Waals surface area contributed by atoms with Crippen LogP contribution in [0.15, 0.2) is 12.4 Å². The monoisotopic (exact) mass is 195 g/mol. The van der Waals surface area contributed by atoms with Crippen molar-refractivity contribution in [3.05, 3.63) is 12.4 Å². The SMILES string of the molecule is CCCn1cc(OC2CC(N)C2)cn1. The summed E-state index contributed by atoms with van der Waals surface area (Å²) in [6, 6.07) is 0.339. The van der Waals surface area contributed by atoms with Gasteiger partial charge in [0.1, 0.15) is 6.10 Å². The molecule has 1 heterocycles. The minimum atomic E-state index is 0.310. The summed E-state index contributed by atoms with van der Waals surface area (Å²) in [4.78, 5) is 0. The molecule has 1 aromatic heterocycles. The lowest BCUT2D eigenvalue weighted by molar-refractivity contribution is 0.101. The van der Waals surface area contributed by atoms with E-state index in [0.29, 0.717) is 12.1 Å². The lowest BCUT2D eigenvalue weighted by atomic mass is 9.90. The predicted molar refractivity (Wildman–Crippen MR) is 54.1 cm³/mol. The number of aromatic nitrogens is 2. The van der Waals surface area contributed by atoms with Crippen LogP contribution in [0.1, 0.15) is 26.2 Å². The number of ether oxygens (including phenoxy) is 1. The highest BCUT2D eigenvalue weighted by Crippen LogP contribution is 2.23. The molecule has 2 rings (SSSR count). The minimum Gasteiger partial charge on any atom is -0.487 e. The first-order chi connectivity index (χ1) is 6.78. The van der Waals surface area contributed by atoms with Gasteiger partial charge in [-0.25, -0.2) is 0 Å². The lowest BCUT2D eigenvalue weighted by Gasteiger charge is -2.31. The maximum absolute atomic E-state index is 5.68. The van der Waals surface area contributed by atoms with Gasteiger partial charge in [0.25, 0.3) is 0 Å². The Kier molecular flexibility index (Phi) is 2.72. The summed E-state index contributed by atoms with van der Waals surface area (Å²) in [6.07, 6.45) is 7.07. The van der Waals surface area contributed by atoms with Gasteiger partial charge in [-0.2, -0.15) is 5.10 Å². The molecule has 2 N–H and O–H groups in total. The third-order valence-corrected chi connectivity index (χ3v) is 2.50. The van der Waals surface area contributed by atoms with Gasteiger partial charge < -0.3 is 10.5 Å². The molecule has 1 fully saturated rings. The molecule has 4 heteroatoms. The Morgan fingerprint density at radius 2 is 2.43 bits per heavy atom. The van der Waals surface area contributed by atoms with Crippen LogP contribution in [0.3, 0.4) is 0 Å². The summed E-state index contributed by atoms with van der Waals surface area (Å²) < 4.78 is 7.60. The number of nitrogens with two attached hydrogens (primary N) is 1. The molecule has 4 nitrogen and oxygen atoms in total. The number of hydrogen-bond donors (Lipinski definition) is 1. The number of hydrogen-bond acceptors (Lipinski definition) is 3. The van der Waals surface area contributed by atoms with Gasteiger partial charge in [0, 0.05) is 12.6 Å². The molecular weight excluding hydrogens is 178 g/mol. The van der Waals surface area contributed by atoms with Crippen LogP contribution in [0.5, 0.6) is 5.75 Å². The fourth-order valence-corrected chi connectivity index (χ4v) is 1.65. The van der Waals surface area contributed by atoms with E-state index in [2.05, 4.69) is 12.0 Å². The van der Waals surface area contributed by atoms with Crippen molar-refractivity contribution in [1.29, 1.82) is 0 Å². The Labute approximate surface area is 84.0 Å². The molecule has 0 amide bonds. The molecule has 1 saturated carbocycles. The molecule has 0 saturated heterocycles. The van der Waals surface area contributed by atoms with Crippen LogP contribution in [-0.2, 0) is 6.54 Å². The highest BCUT2D eigenvalue weighted by Gasteiger charge is 2.27. The van der Waals surface area contributed by atoms with E-state index in [-0.39, 0.29) is 0 Å². The average molecular weight is 195 g/mol. The topological polar surface area (TPSA) is 53.1 Å². The number of aryl methyl sites for hydroxylation is 1. The van der Waals surface area contributed by atoms with E-state index in [0.717, 1.165) is 31.6 Å². The highest BCUT2D eigenvalue weighted by atomic mass is 16.5. The van der Waals surface area contributed by atoms with Gasteiger partial charge in [-0.15, -0.1) is 0 Å². The first kappa shape index (κ1) is 9.52. The maximum Gasteiger partial charge on any atom is 0.157 e. The Hall–Kier alpha value is -1.03. The third-order valence-electron chi connectivity index (χ3n) is 2.50. The zero-order valence-corrected chi connectivity index (χ0v) is 8.52. The van der Waals surface area contributed by atoms with E-state index in [9.17, 15) is 0 Å². The van der Waals surface area contributed by atoms with Crippen molar-refractivity contribution >= 4 is 0 Å². The molecule has 0 bridgehead atoms. The van der Waals surface area contributed by atoms with E-state index in [1.54, 1.807) is 6.20 Å². The fourth-order valence-electron chi connectivity index (χ4n) is 1.65. The van der Waals surface area contributed by atoms with Crippen LogP contribution in [0.4, 0.5) is 0 Å². The maximum atomic E-state index is 5.68. The quantitative estimate of drug-likeness (QED) is 0.784. The molecule has 0 aromatic carbocycles. The van der Waals surface area contributed by atoms with Gasteiger partial charge in [0.05, 0.1) is 12.4 Å². The average Bonchev–Trinajstić information content (AvgIpc) is 2.51. The van der Waals surface area contributed by atoms with Crippen molar-refractivity contribution in [3.63, 3.8) is 0 Å². The molecule has 0 aliphatic heterocycles. The molecule has 0 atom stereocenters. The van der Waals surface area contributed by atoms with Crippen molar-refractivity contribution in [1.82, 2.24) is 9.78 Å². The Morgan fingerprint density at radius 3 is 3.07 bits per heavy atom. The van der Waals surface area contributed by atoms with Gasteiger partial charge >= 0.3 is 0 Å². The summed E-state index contributed by atoms with van der Waals surface area (Å²) in [5.74, 6) is 0.871. The molecule has 14 heavy (non-hydrogen) atoms. The van der Waals surface area contributed by atoms with Crippen LogP contribution < -0.4 is 10.5 Å². The Morgan fingerprint density at radius 1 is 1.64 bits per heavy atom. The van der Waals surface area contributed by atoms with Gasteiger partial charge in [-0.3, -0.25) is 4.68 Å².